The quantitative estimate of drug-likeness (QED) is 0.750. The summed E-state index contributed by atoms with van der Waals surface area (Å²) in [6.07, 6.45) is 2.48. The molecule has 2 N–H and O–H groups in total. The number of nitrogens with one attached hydrogen (secondary N) is 2. The van der Waals surface area contributed by atoms with E-state index in [2.05, 4.69) is 14.9 Å². The lowest BCUT2D eigenvalue weighted by atomic mass is 10.2. The van der Waals surface area contributed by atoms with Crippen molar-refractivity contribution in [3.05, 3.63) is 53.9 Å². The number of aromatic nitrogens is 2. The zero-order valence-corrected chi connectivity index (χ0v) is 13.6. The summed E-state index contributed by atoms with van der Waals surface area (Å²) in [6.45, 7) is 3.67. The van der Waals surface area contributed by atoms with Crippen molar-refractivity contribution in [3.63, 3.8) is 0 Å². The summed E-state index contributed by atoms with van der Waals surface area (Å²) < 4.78 is 33.2. The number of anilines is 1. The maximum absolute atomic E-state index is 12.6. The Bertz CT molecular complexity index is 895. The third-order valence-electron chi connectivity index (χ3n) is 3.54. The Balaban J connectivity index is 1.90. The van der Waals surface area contributed by atoms with Crippen LogP contribution < -0.4 is 4.72 Å². The molecule has 0 radical (unpaired) electrons. The Morgan fingerprint density at radius 3 is 2.57 bits per heavy atom. The first-order valence-corrected chi connectivity index (χ1v) is 8.70. The van der Waals surface area contributed by atoms with E-state index in [1.165, 1.54) is 6.07 Å². The maximum Gasteiger partial charge on any atom is 0.265 e. The van der Waals surface area contributed by atoms with Crippen molar-refractivity contribution in [3.8, 4) is 11.5 Å². The molecule has 0 aliphatic carbocycles. The van der Waals surface area contributed by atoms with Crippen LogP contribution in [0.2, 0.25) is 0 Å². The minimum Gasteiger partial charge on any atom is -0.458 e. The molecule has 3 rings (SSSR count). The van der Waals surface area contributed by atoms with Crippen molar-refractivity contribution < 1.29 is 12.8 Å². The molecule has 6 nitrogen and oxygen atoms in total. The molecule has 1 aromatic carbocycles. The molecule has 0 fully saturated rings. The highest BCUT2D eigenvalue weighted by Gasteiger charge is 2.22. The second-order valence-corrected chi connectivity index (χ2v) is 6.81. The molecule has 0 atom stereocenters. The average Bonchev–Trinajstić information content (AvgIpc) is 3.17. The first-order valence-electron chi connectivity index (χ1n) is 7.21. The van der Waals surface area contributed by atoms with E-state index in [9.17, 15) is 8.42 Å². The van der Waals surface area contributed by atoms with Crippen molar-refractivity contribution >= 4 is 15.7 Å². The molecular weight excluding hydrogens is 314 g/mol. The zero-order valence-electron chi connectivity index (χ0n) is 12.8. The summed E-state index contributed by atoms with van der Waals surface area (Å²) in [5, 5.41) is 6.58. The Morgan fingerprint density at radius 2 is 1.96 bits per heavy atom. The van der Waals surface area contributed by atoms with Crippen molar-refractivity contribution in [1.82, 2.24) is 10.2 Å². The van der Waals surface area contributed by atoms with Gasteiger partial charge in [-0.25, -0.2) is 8.42 Å². The van der Waals surface area contributed by atoms with Gasteiger partial charge in [0.25, 0.3) is 10.0 Å². The van der Waals surface area contributed by atoms with Crippen LogP contribution in [-0.2, 0) is 16.4 Å². The van der Waals surface area contributed by atoms with Crippen LogP contribution in [0, 0.1) is 6.92 Å². The standard InChI is InChI=1S/C16H17N3O3S/c1-3-12-4-6-13(7-5-12)19-23(20,21)16-10-15(22-11(16)2)14-8-9-17-18-14/h4-10,19H,3H2,1-2H3,(H,17,18). The van der Waals surface area contributed by atoms with Gasteiger partial charge in [0.15, 0.2) is 5.76 Å². The summed E-state index contributed by atoms with van der Waals surface area (Å²) in [5.41, 5.74) is 2.29. The van der Waals surface area contributed by atoms with Crippen LogP contribution in [0.1, 0.15) is 18.2 Å². The highest BCUT2D eigenvalue weighted by atomic mass is 32.2. The average molecular weight is 331 g/mol. The second-order valence-electron chi connectivity index (χ2n) is 5.16. The van der Waals surface area contributed by atoms with E-state index in [1.807, 2.05) is 19.1 Å². The summed E-state index contributed by atoms with van der Waals surface area (Å²) in [6, 6.07) is 10.5. The number of rotatable bonds is 5. The molecule has 7 heteroatoms. The Kier molecular flexibility index (Phi) is 3.96. The number of nitrogens with zero attached hydrogens (tertiary/aromatic N) is 1. The molecule has 2 heterocycles. The van der Waals surface area contributed by atoms with Crippen LogP contribution in [0.5, 0.6) is 0 Å². The first kappa shape index (κ1) is 15.4. The fourth-order valence-electron chi connectivity index (χ4n) is 2.28. The summed E-state index contributed by atoms with van der Waals surface area (Å²) in [4.78, 5) is 0.113. The molecule has 0 spiro atoms. The number of aryl methyl sites for hydroxylation is 2. The van der Waals surface area contributed by atoms with E-state index >= 15 is 0 Å². The highest BCUT2D eigenvalue weighted by molar-refractivity contribution is 7.92. The van der Waals surface area contributed by atoms with Gasteiger partial charge in [0.2, 0.25) is 0 Å². The minimum absolute atomic E-state index is 0.113. The summed E-state index contributed by atoms with van der Waals surface area (Å²) in [7, 11) is -3.71. The van der Waals surface area contributed by atoms with Gasteiger partial charge in [-0.2, -0.15) is 5.10 Å². The van der Waals surface area contributed by atoms with Gasteiger partial charge in [-0.05, 0) is 37.1 Å². The van der Waals surface area contributed by atoms with Gasteiger partial charge in [0.1, 0.15) is 16.3 Å². The molecule has 0 bridgehead atoms. The van der Waals surface area contributed by atoms with Gasteiger partial charge in [-0.1, -0.05) is 19.1 Å². The highest BCUT2D eigenvalue weighted by Crippen LogP contribution is 2.28. The number of aromatic amines is 1. The molecular formula is C16H17N3O3S. The molecule has 0 amide bonds. The third kappa shape index (κ3) is 3.14. The predicted octanol–water partition coefficient (Wildman–Crippen LogP) is 3.34. The molecule has 3 aromatic rings. The number of hydrogen-bond donors (Lipinski definition) is 2. The summed E-state index contributed by atoms with van der Waals surface area (Å²) in [5.74, 6) is 0.758. The van der Waals surface area contributed by atoms with Gasteiger partial charge < -0.3 is 4.42 Å². The molecule has 120 valence electrons. The van der Waals surface area contributed by atoms with E-state index in [4.69, 9.17) is 4.42 Å². The molecule has 0 aliphatic heterocycles. The number of benzene rings is 1. The normalized spacial score (nSPS) is 11.6. The molecule has 0 saturated heterocycles. The van der Waals surface area contributed by atoms with Crippen LogP contribution in [0.4, 0.5) is 5.69 Å². The van der Waals surface area contributed by atoms with Crippen LogP contribution in [0.3, 0.4) is 0 Å². The van der Waals surface area contributed by atoms with E-state index in [1.54, 1.807) is 31.3 Å². The van der Waals surface area contributed by atoms with Crippen LogP contribution in [0.25, 0.3) is 11.5 Å². The van der Waals surface area contributed by atoms with E-state index in [0.717, 1.165) is 12.0 Å². The van der Waals surface area contributed by atoms with E-state index < -0.39 is 10.0 Å². The molecule has 23 heavy (non-hydrogen) atoms. The maximum atomic E-state index is 12.6. The number of H-pyrrole nitrogens is 1. The van der Waals surface area contributed by atoms with E-state index in [-0.39, 0.29) is 4.90 Å². The Hall–Kier alpha value is -2.54. The molecule has 2 aromatic heterocycles. The Labute approximate surface area is 134 Å². The lowest BCUT2D eigenvalue weighted by Gasteiger charge is -2.07. The van der Waals surface area contributed by atoms with Gasteiger partial charge in [0, 0.05) is 18.0 Å². The molecule has 0 aliphatic rings. The van der Waals surface area contributed by atoms with E-state index in [0.29, 0.717) is 22.9 Å². The fourth-order valence-corrected chi connectivity index (χ4v) is 3.52. The van der Waals surface area contributed by atoms with Gasteiger partial charge >= 0.3 is 0 Å². The van der Waals surface area contributed by atoms with Crippen molar-refractivity contribution in [2.75, 3.05) is 4.72 Å². The molecule has 0 unspecified atom stereocenters. The van der Waals surface area contributed by atoms with Gasteiger partial charge in [-0.3, -0.25) is 9.82 Å². The third-order valence-corrected chi connectivity index (χ3v) is 5.03. The van der Waals surface area contributed by atoms with Crippen LogP contribution >= 0.6 is 0 Å². The Morgan fingerprint density at radius 1 is 1.22 bits per heavy atom. The van der Waals surface area contributed by atoms with Crippen molar-refractivity contribution in [2.45, 2.75) is 25.2 Å². The summed E-state index contributed by atoms with van der Waals surface area (Å²) >= 11 is 0. The van der Waals surface area contributed by atoms with Crippen molar-refractivity contribution in [1.29, 1.82) is 0 Å². The van der Waals surface area contributed by atoms with Gasteiger partial charge in [0.05, 0.1) is 0 Å². The SMILES string of the molecule is CCc1ccc(NS(=O)(=O)c2cc(-c3ccn[nH]3)oc2C)cc1. The zero-order chi connectivity index (χ0) is 16.4. The lowest BCUT2D eigenvalue weighted by molar-refractivity contribution is 0.534. The number of sulfonamides is 1. The largest absolute Gasteiger partial charge is 0.458 e. The van der Waals surface area contributed by atoms with Crippen LogP contribution in [0.15, 0.2) is 51.9 Å². The van der Waals surface area contributed by atoms with Gasteiger partial charge in [-0.15, -0.1) is 0 Å². The molecule has 0 saturated carbocycles. The number of furan rings is 1. The second kappa shape index (κ2) is 5.92. The smallest absolute Gasteiger partial charge is 0.265 e. The predicted molar refractivity (Wildman–Crippen MR) is 87.7 cm³/mol. The topological polar surface area (TPSA) is 88.0 Å². The van der Waals surface area contributed by atoms with Crippen molar-refractivity contribution in [2.24, 2.45) is 0 Å². The number of hydrogen-bond acceptors (Lipinski definition) is 4. The minimum atomic E-state index is -3.71. The van der Waals surface area contributed by atoms with Crippen LogP contribution in [-0.4, -0.2) is 18.6 Å². The monoisotopic (exact) mass is 331 g/mol. The lowest BCUT2D eigenvalue weighted by Crippen LogP contribution is -2.13. The first-order chi connectivity index (χ1) is 11.0. The fraction of sp³-hybridized carbons (Fsp3) is 0.188.